The van der Waals surface area contributed by atoms with Gasteiger partial charge in [-0.15, -0.1) is 0 Å². The van der Waals surface area contributed by atoms with Crippen LogP contribution < -0.4 is 4.90 Å². The van der Waals surface area contributed by atoms with Gasteiger partial charge in [0.15, 0.2) is 0 Å². The molecule has 2 bridgehead atoms. The average molecular weight is 543 g/mol. The molecule has 2 atom stereocenters. The minimum atomic E-state index is 0.0366. The van der Waals surface area contributed by atoms with Crippen LogP contribution in [0.3, 0.4) is 0 Å². The Morgan fingerprint density at radius 3 is 2.55 bits per heavy atom. The Hall–Kier alpha value is -3.52. The van der Waals surface area contributed by atoms with Crippen LogP contribution in [0.5, 0.6) is 0 Å². The van der Waals surface area contributed by atoms with E-state index in [0.717, 1.165) is 55.0 Å². The number of hydrogen-bond donors (Lipinski definition) is 0. The molecular formula is C32H42N6O2. The van der Waals surface area contributed by atoms with Crippen molar-refractivity contribution in [1.29, 1.82) is 0 Å². The first-order chi connectivity index (χ1) is 19.4. The highest BCUT2D eigenvalue weighted by Crippen LogP contribution is 2.31. The molecule has 0 N–H and O–H groups in total. The number of rotatable bonds is 6. The standard InChI is InChI=1S/C32H42N6O2/c1-24(2)32-34-17-20-35(32)18-15-31(40)36-21-26-9-4-5-13-30(26)37(25(3)39)19-14-28-11-8-12-29(23-36)38(28)22-27-10-6-7-16-33-27/h4-7,9-10,13,16-17,20,24,28-29H,8,11-12,14-15,18-19,21-23H2,1-3H3. The first kappa shape index (κ1) is 28.0. The molecule has 40 heavy (non-hydrogen) atoms. The van der Waals surface area contributed by atoms with E-state index in [-0.39, 0.29) is 17.9 Å². The van der Waals surface area contributed by atoms with Gasteiger partial charge < -0.3 is 14.4 Å². The summed E-state index contributed by atoms with van der Waals surface area (Å²) in [6.07, 6.45) is 10.2. The summed E-state index contributed by atoms with van der Waals surface area (Å²) in [5.41, 5.74) is 2.97. The Bertz CT molecular complexity index is 1290. The summed E-state index contributed by atoms with van der Waals surface area (Å²) in [6.45, 7) is 9.06. The lowest BCUT2D eigenvalue weighted by Crippen LogP contribution is -2.52. The second-order valence-corrected chi connectivity index (χ2v) is 11.5. The van der Waals surface area contributed by atoms with Gasteiger partial charge in [0.05, 0.1) is 5.69 Å². The minimum absolute atomic E-state index is 0.0366. The van der Waals surface area contributed by atoms with Crippen LogP contribution in [-0.2, 0) is 29.2 Å². The van der Waals surface area contributed by atoms with Crippen molar-refractivity contribution in [3.63, 3.8) is 0 Å². The van der Waals surface area contributed by atoms with Crippen LogP contribution in [0, 0.1) is 0 Å². The quantitative estimate of drug-likeness (QED) is 0.438. The number of carbonyl (C=O) groups excluding carboxylic acids is 2. The van der Waals surface area contributed by atoms with Crippen molar-refractivity contribution in [3.05, 3.63) is 78.1 Å². The molecule has 5 rings (SSSR count). The van der Waals surface area contributed by atoms with Crippen LogP contribution in [0.1, 0.15) is 75.9 Å². The third kappa shape index (κ3) is 6.44. The van der Waals surface area contributed by atoms with Gasteiger partial charge in [-0.25, -0.2) is 4.98 Å². The van der Waals surface area contributed by atoms with Gasteiger partial charge in [0.2, 0.25) is 11.8 Å². The van der Waals surface area contributed by atoms with Crippen molar-refractivity contribution in [3.8, 4) is 0 Å². The molecule has 1 saturated heterocycles. The fourth-order valence-electron chi connectivity index (χ4n) is 6.39. The summed E-state index contributed by atoms with van der Waals surface area (Å²) < 4.78 is 2.10. The number of carbonyl (C=O) groups is 2. The van der Waals surface area contributed by atoms with E-state index < -0.39 is 0 Å². The van der Waals surface area contributed by atoms with Crippen molar-refractivity contribution in [2.45, 2.75) is 90.5 Å². The largest absolute Gasteiger partial charge is 0.337 e. The predicted octanol–water partition coefficient (Wildman–Crippen LogP) is 5.00. The first-order valence-electron chi connectivity index (χ1n) is 14.7. The number of fused-ring (bicyclic) bond motifs is 3. The van der Waals surface area contributed by atoms with Crippen LogP contribution in [0.2, 0.25) is 0 Å². The van der Waals surface area contributed by atoms with E-state index in [2.05, 4.69) is 45.4 Å². The summed E-state index contributed by atoms with van der Waals surface area (Å²) in [7, 11) is 0. The van der Waals surface area contributed by atoms with Crippen molar-refractivity contribution in [2.24, 2.45) is 0 Å². The highest BCUT2D eigenvalue weighted by Gasteiger charge is 2.34. The lowest BCUT2D eigenvalue weighted by Gasteiger charge is -2.44. The van der Waals surface area contributed by atoms with Crippen molar-refractivity contribution >= 4 is 17.5 Å². The highest BCUT2D eigenvalue weighted by atomic mass is 16.2. The van der Waals surface area contributed by atoms with E-state index in [1.807, 2.05) is 58.7 Å². The number of para-hydroxylation sites is 1. The average Bonchev–Trinajstić information content (AvgIpc) is 3.42. The number of hydrogen-bond acceptors (Lipinski definition) is 5. The van der Waals surface area contributed by atoms with Crippen LogP contribution >= 0.6 is 0 Å². The smallest absolute Gasteiger partial charge is 0.224 e. The van der Waals surface area contributed by atoms with E-state index in [1.165, 1.54) is 0 Å². The lowest BCUT2D eigenvalue weighted by molar-refractivity contribution is -0.133. The van der Waals surface area contributed by atoms with Crippen LogP contribution in [0.4, 0.5) is 5.69 Å². The summed E-state index contributed by atoms with van der Waals surface area (Å²) in [6, 6.07) is 14.7. The molecule has 0 saturated carbocycles. The maximum Gasteiger partial charge on any atom is 0.224 e. The summed E-state index contributed by atoms with van der Waals surface area (Å²) >= 11 is 0. The fraction of sp³-hybridized carbons (Fsp3) is 0.500. The third-order valence-corrected chi connectivity index (χ3v) is 8.41. The van der Waals surface area contributed by atoms with Gasteiger partial charge in [0.1, 0.15) is 5.82 Å². The SMILES string of the molecule is CC(=O)N1CCC2CCCC(CN(C(=O)CCn3ccnc3C(C)C)Cc3ccccc31)N2Cc1ccccn1. The molecule has 4 heterocycles. The van der Waals surface area contributed by atoms with Crippen molar-refractivity contribution in [1.82, 2.24) is 24.3 Å². The zero-order chi connectivity index (χ0) is 28.1. The van der Waals surface area contributed by atoms with Crippen LogP contribution in [0.25, 0.3) is 0 Å². The zero-order valence-electron chi connectivity index (χ0n) is 24.1. The number of anilines is 1. The zero-order valence-corrected chi connectivity index (χ0v) is 24.1. The van der Waals surface area contributed by atoms with Crippen molar-refractivity contribution < 1.29 is 9.59 Å². The number of nitrogens with zero attached hydrogens (tertiary/aromatic N) is 6. The normalized spacial score (nSPS) is 20.2. The molecule has 0 spiro atoms. The van der Waals surface area contributed by atoms with E-state index in [1.54, 1.807) is 6.92 Å². The highest BCUT2D eigenvalue weighted by molar-refractivity contribution is 5.92. The third-order valence-electron chi connectivity index (χ3n) is 8.41. The molecule has 1 aromatic carbocycles. The molecule has 2 aromatic heterocycles. The molecule has 2 unspecified atom stereocenters. The molecule has 8 heteroatoms. The number of pyridine rings is 1. The number of benzene rings is 1. The molecule has 1 fully saturated rings. The minimum Gasteiger partial charge on any atom is -0.337 e. The predicted molar refractivity (Wildman–Crippen MR) is 157 cm³/mol. The van der Waals surface area contributed by atoms with Gasteiger partial charge >= 0.3 is 0 Å². The van der Waals surface area contributed by atoms with E-state index in [9.17, 15) is 9.59 Å². The maximum atomic E-state index is 14.0. The van der Waals surface area contributed by atoms with Crippen molar-refractivity contribution in [2.75, 3.05) is 18.0 Å². The molecule has 0 radical (unpaired) electrons. The second-order valence-electron chi connectivity index (χ2n) is 11.5. The lowest BCUT2D eigenvalue weighted by atomic mass is 9.92. The molecule has 3 aromatic rings. The summed E-state index contributed by atoms with van der Waals surface area (Å²) in [5.74, 6) is 1.47. The number of amides is 2. The first-order valence-corrected chi connectivity index (χ1v) is 14.7. The maximum absolute atomic E-state index is 14.0. The van der Waals surface area contributed by atoms with Gasteiger partial charge in [-0.2, -0.15) is 0 Å². The Balaban J connectivity index is 1.47. The monoisotopic (exact) mass is 542 g/mol. The van der Waals surface area contributed by atoms with Crippen LogP contribution in [-0.4, -0.2) is 61.3 Å². The number of aromatic nitrogens is 3. The number of aryl methyl sites for hydroxylation is 1. The van der Waals surface area contributed by atoms with E-state index in [0.29, 0.717) is 44.6 Å². The molecule has 212 valence electrons. The molecule has 8 nitrogen and oxygen atoms in total. The number of piperidine rings is 1. The Morgan fingerprint density at radius 1 is 0.975 bits per heavy atom. The Labute approximate surface area is 238 Å². The Morgan fingerprint density at radius 2 is 1.77 bits per heavy atom. The van der Waals surface area contributed by atoms with Gasteiger partial charge in [-0.3, -0.25) is 19.5 Å². The molecule has 2 aliphatic rings. The second kappa shape index (κ2) is 12.8. The molecule has 2 aliphatic heterocycles. The van der Waals surface area contributed by atoms with E-state index >= 15 is 0 Å². The molecular weight excluding hydrogens is 500 g/mol. The molecule has 2 amide bonds. The van der Waals surface area contributed by atoms with Gasteiger partial charge in [0.25, 0.3) is 0 Å². The fourth-order valence-corrected chi connectivity index (χ4v) is 6.39. The topological polar surface area (TPSA) is 74.6 Å². The number of imidazole rings is 1. The van der Waals surface area contributed by atoms with Crippen LogP contribution in [0.15, 0.2) is 61.1 Å². The van der Waals surface area contributed by atoms with Gasteiger partial charge in [0, 0.05) is 88.3 Å². The summed E-state index contributed by atoms with van der Waals surface area (Å²) in [4.78, 5) is 42.5. The van der Waals surface area contributed by atoms with E-state index in [4.69, 9.17) is 0 Å². The molecule has 0 aliphatic carbocycles. The Kier molecular flexibility index (Phi) is 8.94. The summed E-state index contributed by atoms with van der Waals surface area (Å²) in [5, 5.41) is 0. The van der Waals surface area contributed by atoms with Gasteiger partial charge in [-0.1, -0.05) is 44.5 Å². The van der Waals surface area contributed by atoms with Gasteiger partial charge in [-0.05, 0) is 43.0 Å².